The first-order valence-corrected chi connectivity index (χ1v) is 10.7. The third-order valence-corrected chi connectivity index (χ3v) is 7.04. The molecule has 1 heterocycles. The number of carbonyl (C=O) groups is 1. The predicted octanol–water partition coefficient (Wildman–Crippen LogP) is 3.08. The van der Waals surface area contributed by atoms with Gasteiger partial charge in [-0.3, -0.25) is 9.69 Å². The molecule has 10 heteroatoms. The van der Waals surface area contributed by atoms with Crippen molar-refractivity contribution in [2.75, 3.05) is 38.0 Å². The van der Waals surface area contributed by atoms with Gasteiger partial charge in [0, 0.05) is 31.9 Å². The molecule has 2 aromatic rings. The van der Waals surface area contributed by atoms with E-state index in [0.29, 0.717) is 18.8 Å². The number of amides is 1. The van der Waals surface area contributed by atoms with Crippen LogP contribution in [0.5, 0.6) is 0 Å². The van der Waals surface area contributed by atoms with Crippen LogP contribution in [-0.2, 0) is 14.8 Å². The molecule has 0 radical (unpaired) electrons. The molecule has 0 spiro atoms. The molecule has 150 valence electrons. The Labute approximate surface area is 172 Å². The van der Waals surface area contributed by atoms with Gasteiger partial charge in [0.2, 0.25) is 15.9 Å². The second-order valence-corrected chi connectivity index (χ2v) is 9.01. The molecule has 0 unspecified atom stereocenters. The largest absolute Gasteiger partial charge is 0.325 e. The number of hydrogen-bond donors (Lipinski definition) is 1. The highest BCUT2D eigenvalue weighted by molar-refractivity contribution is 7.89. The lowest BCUT2D eigenvalue weighted by molar-refractivity contribution is -0.117. The lowest BCUT2D eigenvalue weighted by atomic mass is 10.3. The van der Waals surface area contributed by atoms with Crippen LogP contribution in [0.4, 0.5) is 10.1 Å². The number of anilines is 1. The zero-order valence-electron chi connectivity index (χ0n) is 14.7. The summed E-state index contributed by atoms with van der Waals surface area (Å²) in [5.41, 5.74) is 0.399. The van der Waals surface area contributed by atoms with Crippen LogP contribution >= 0.6 is 23.2 Å². The molecule has 6 nitrogen and oxygen atoms in total. The smallest absolute Gasteiger partial charge is 0.244 e. The van der Waals surface area contributed by atoms with Crippen molar-refractivity contribution < 1.29 is 17.6 Å². The van der Waals surface area contributed by atoms with Gasteiger partial charge in [0.25, 0.3) is 0 Å². The van der Waals surface area contributed by atoms with Crippen LogP contribution in [0.25, 0.3) is 0 Å². The average molecular weight is 446 g/mol. The van der Waals surface area contributed by atoms with Gasteiger partial charge in [0.15, 0.2) is 0 Å². The summed E-state index contributed by atoms with van der Waals surface area (Å²) in [6.07, 6.45) is 0. The van der Waals surface area contributed by atoms with Crippen molar-refractivity contribution in [3.63, 3.8) is 0 Å². The van der Waals surface area contributed by atoms with E-state index in [9.17, 15) is 17.6 Å². The van der Waals surface area contributed by atoms with Gasteiger partial charge < -0.3 is 5.32 Å². The molecule has 1 aliphatic rings. The van der Waals surface area contributed by atoms with E-state index in [2.05, 4.69) is 5.32 Å². The van der Waals surface area contributed by atoms with Crippen LogP contribution in [0, 0.1) is 5.82 Å². The Balaban J connectivity index is 1.56. The molecular formula is C18H18Cl2FN3O3S. The van der Waals surface area contributed by atoms with Crippen molar-refractivity contribution in [2.24, 2.45) is 0 Å². The lowest BCUT2D eigenvalue weighted by Crippen LogP contribution is -2.50. The van der Waals surface area contributed by atoms with Gasteiger partial charge in [0.1, 0.15) is 10.7 Å². The summed E-state index contributed by atoms with van der Waals surface area (Å²) >= 11 is 11.7. The quantitative estimate of drug-likeness (QED) is 0.767. The summed E-state index contributed by atoms with van der Waals surface area (Å²) in [6.45, 7) is 1.41. The molecule has 1 N–H and O–H groups in total. The molecule has 0 aromatic heterocycles. The van der Waals surface area contributed by atoms with Gasteiger partial charge in [-0.15, -0.1) is 0 Å². The van der Waals surface area contributed by atoms with E-state index in [1.807, 2.05) is 4.90 Å². The number of carbonyl (C=O) groups excluding carboxylic acids is 1. The Morgan fingerprint density at radius 1 is 1.04 bits per heavy atom. The second-order valence-electron chi connectivity index (χ2n) is 6.29. The molecule has 1 fully saturated rings. The van der Waals surface area contributed by atoms with E-state index in [1.165, 1.54) is 34.6 Å². The van der Waals surface area contributed by atoms with Gasteiger partial charge in [-0.25, -0.2) is 12.8 Å². The molecule has 0 saturated carbocycles. The van der Waals surface area contributed by atoms with Gasteiger partial charge in [-0.1, -0.05) is 35.3 Å². The molecule has 1 amide bonds. The maximum absolute atomic E-state index is 13.2. The lowest BCUT2D eigenvalue weighted by Gasteiger charge is -2.33. The van der Waals surface area contributed by atoms with Crippen molar-refractivity contribution in [2.45, 2.75) is 4.90 Å². The molecule has 3 rings (SSSR count). The van der Waals surface area contributed by atoms with E-state index in [0.717, 1.165) is 0 Å². The summed E-state index contributed by atoms with van der Waals surface area (Å²) in [7, 11) is -3.68. The zero-order chi connectivity index (χ0) is 20.3. The van der Waals surface area contributed by atoms with E-state index in [1.54, 1.807) is 12.1 Å². The summed E-state index contributed by atoms with van der Waals surface area (Å²) in [5, 5.41) is 2.76. The highest BCUT2D eigenvalue weighted by Crippen LogP contribution is 2.25. The first-order valence-electron chi connectivity index (χ1n) is 8.49. The van der Waals surface area contributed by atoms with E-state index in [4.69, 9.17) is 23.2 Å². The van der Waals surface area contributed by atoms with Crippen LogP contribution in [0.3, 0.4) is 0 Å². The van der Waals surface area contributed by atoms with Crippen molar-refractivity contribution in [1.29, 1.82) is 0 Å². The van der Waals surface area contributed by atoms with Gasteiger partial charge >= 0.3 is 0 Å². The molecule has 1 saturated heterocycles. The number of halogens is 3. The van der Waals surface area contributed by atoms with Crippen LogP contribution in [-0.4, -0.2) is 56.3 Å². The molecule has 2 aromatic carbocycles. The van der Waals surface area contributed by atoms with Crippen molar-refractivity contribution in [1.82, 2.24) is 9.21 Å². The van der Waals surface area contributed by atoms with Crippen molar-refractivity contribution >= 4 is 44.8 Å². The van der Waals surface area contributed by atoms with Crippen molar-refractivity contribution in [3.8, 4) is 0 Å². The normalized spacial score (nSPS) is 16.1. The number of sulfonamides is 1. The Hall–Kier alpha value is -1.71. The fourth-order valence-electron chi connectivity index (χ4n) is 2.90. The number of piperazine rings is 1. The summed E-state index contributed by atoms with van der Waals surface area (Å²) in [4.78, 5) is 14.1. The van der Waals surface area contributed by atoms with Crippen molar-refractivity contribution in [3.05, 3.63) is 58.3 Å². The van der Waals surface area contributed by atoms with Crippen LogP contribution < -0.4 is 5.32 Å². The van der Waals surface area contributed by atoms with E-state index < -0.39 is 15.8 Å². The van der Waals surface area contributed by atoms with Crippen LogP contribution in [0.2, 0.25) is 10.0 Å². The summed E-state index contributed by atoms with van der Waals surface area (Å²) in [5.74, 6) is -0.847. The molecule has 0 bridgehead atoms. The maximum atomic E-state index is 13.2. The number of nitrogens with zero attached hydrogens (tertiary/aromatic N) is 2. The second kappa shape index (κ2) is 8.75. The Bertz CT molecular complexity index is 980. The highest BCUT2D eigenvalue weighted by Gasteiger charge is 2.30. The highest BCUT2D eigenvalue weighted by atomic mass is 35.5. The minimum absolute atomic E-state index is 0.0730. The predicted molar refractivity (Wildman–Crippen MR) is 107 cm³/mol. The first-order chi connectivity index (χ1) is 13.3. The van der Waals surface area contributed by atoms with E-state index in [-0.39, 0.29) is 40.5 Å². The number of hydrogen-bond acceptors (Lipinski definition) is 4. The SMILES string of the molecule is O=C(CN1CCN(S(=O)(=O)c2ccccc2Cl)CC1)Nc1ccc(F)c(Cl)c1. The fraction of sp³-hybridized carbons (Fsp3) is 0.278. The molecule has 1 aliphatic heterocycles. The van der Waals surface area contributed by atoms with Crippen LogP contribution in [0.1, 0.15) is 0 Å². The third kappa shape index (κ3) is 4.82. The third-order valence-electron chi connectivity index (χ3n) is 4.36. The molecule has 28 heavy (non-hydrogen) atoms. The maximum Gasteiger partial charge on any atom is 0.244 e. The Morgan fingerprint density at radius 3 is 2.36 bits per heavy atom. The minimum atomic E-state index is -3.68. The minimum Gasteiger partial charge on any atom is -0.325 e. The molecular weight excluding hydrogens is 428 g/mol. The van der Waals surface area contributed by atoms with Gasteiger partial charge in [0.05, 0.1) is 16.6 Å². The summed E-state index contributed by atoms with van der Waals surface area (Å²) < 4.78 is 40.0. The number of benzene rings is 2. The topological polar surface area (TPSA) is 69.7 Å². The summed E-state index contributed by atoms with van der Waals surface area (Å²) in [6, 6.07) is 10.3. The Kier molecular flexibility index (Phi) is 6.57. The first kappa shape index (κ1) is 21.0. The number of nitrogens with one attached hydrogen (secondary N) is 1. The van der Waals surface area contributed by atoms with Gasteiger partial charge in [-0.2, -0.15) is 4.31 Å². The van der Waals surface area contributed by atoms with Crippen LogP contribution in [0.15, 0.2) is 47.4 Å². The molecule has 0 aliphatic carbocycles. The zero-order valence-corrected chi connectivity index (χ0v) is 17.1. The van der Waals surface area contributed by atoms with Gasteiger partial charge in [-0.05, 0) is 30.3 Å². The molecule has 0 atom stereocenters. The monoisotopic (exact) mass is 445 g/mol. The number of rotatable bonds is 5. The van der Waals surface area contributed by atoms with E-state index >= 15 is 0 Å². The standard InChI is InChI=1S/C18H18Cl2FN3O3S/c19-14-3-1-2-4-17(14)28(26,27)24-9-7-23(8-10-24)12-18(25)22-13-5-6-16(21)15(20)11-13/h1-6,11H,7-10,12H2,(H,22,25). The Morgan fingerprint density at radius 2 is 1.71 bits per heavy atom. The average Bonchev–Trinajstić information content (AvgIpc) is 2.65. The fourth-order valence-corrected chi connectivity index (χ4v) is 4.99.